The van der Waals surface area contributed by atoms with Crippen LogP contribution in [0.5, 0.6) is 5.88 Å². The van der Waals surface area contributed by atoms with E-state index in [1.807, 2.05) is 0 Å². The Hall–Kier alpha value is -1.92. The van der Waals surface area contributed by atoms with Gasteiger partial charge >= 0.3 is 0 Å². The smallest absolute Gasteiger partial charge is 0.287 e. The molecule has 0 spiro atoms. The number of ether oxygens (including phenoxy) is 1. The first kappa shape index (κ1) is 12.5. The Bertz CT molecular complexity index is 561. The Kier molecular flexibility index (Phi) is 3.06. The van der Waals surface area contributed by atoms with Crippen LogP contribution in [0.25, 0.3) is 0 Å². The summed E-state index contributed by atoms with van der Waals surface area (Å²) in [5.74, 6) is -0.404. The molecule has 1 aliphatic heterocycles. The first-order chi connectivity index (χ1) is 8.41. The molecule has 100 valence electrons. The number of hydrogen-bond acceptors (Lipinski definition) is 8. The standard InChI is InChI=1S/C6H10N6O5S/c7-5(9-13)4-6(11-17-10-4)16-3-1-12(2-3)18(8,14)15/h3,13H,1-2H2,(H2,7,9)(H2,8,14,15). The third-order valence-electron chi connectivity index (χ3n) is 2.26. The van der Waals surface area contributed by atoms with Crippen LogP contribution in [0.2, 0.25) is 0 Å². The topological polar surface area (TPSA) is 170 Å². The van der Waals surface area contributed by atoms with Gasteiger partial charge in [0.25, 0.3) is 16.1 Å². The molecule has 1 saturated heterocycles. The van der Waals surface area contributed by atoms with Crippen molar-refractivity contribution in [3.8, 4) is 5.88 Å². The molecular weight excluding hydrogens is 268 g/mol. The van der Waals surface area contributed by atoms with Crippen molar-refractivity contribution in [3.63, 3.8) is 0 Å². The van der Waals surface area contributed by atoms with E-state index in [4.69, 9.17) is 20.8 Å². The minimum Gasteiger partial charge on any atom is -0.468 e. The molecule has 0 radical (unpaired) electrons. The normalized spacial score (nSPS) is 18.6. The summed E-state index contributed by atoms with van der Waals surface area (Å²) in [5.41, 5.74) is 5.24. The lowest BCUT2D eigenvalue weighted by atomic mass is 10.2. The quantitative estimate of drug-likeness (QED) is 0.233. The maximum Gasteiger partial charge on any atom is 0.287 e. The monoisotopic (exact) mass is 278 g/mol. The lowest BCUT2D eigenvalue weighted by Crippen LogP contribution is -2.58. The summed E-state index contributed by atoms with van der Waals surface area (Å²) in [7, 11) is -3.70. The zero-order valence-corrected chi connectivity index (χ0v) is 9.74. The lowest BCUT2D eigenvalue weighted by molar-refractivity contribution is 0.0681. The van der Waals surface area contributed by atoms with Crippen LogP contribution in [0.1, 0.15) is 5.69 Å². The largest absolute Gasteiger partial charge is 0.468 e. The second kappa shape index (κ2) is 4.40. The summed E-state index contributed by atoms with van der Waals surface area (Å²) in [6.45, 7) is 0.169. The van der Waals surface area contributed by atoms with Gasteiger partial charge in [0.15, 0.2) is 5.84 Å². The van der Waals surface area contributed by atoms with E-state index in [2.05, 4.69) is 20.1 Å². The molecule has 0 atom stereocenters. The average molecular weight is 278 g/mol. The minimum absolute atomic E-state index is 0.0634. The highest BCUT2D eigenvalue weighted by atomic mass is 32.2. The number of rotatable bonds is 4. The minimum atomic E-state index is -3.70. The molecule has 1 aliphatic rings. The fourth-order valence-corrected chi connectivity index (χ4v) is 2.05. The second-order valence-electron chi connectivity index (χ2n) is 3.51. The maximum atomic E-state index is 10.9. The molecule has 11 nitrogen and oxygen atoms in total. The molecule has 1 aromatic heterocycles. The lowest BCUT2D eigenvalue weighted by Gasteiger charge is -2.35. The Labute approximate surface area is 101 Å². The van der Waals surface area contributed by atoms with E-state index in [1.165, 1.54) is 0 Å². The molecule has 1 aromatic rings. The number of aromatic nitrogens is 2. The highest BCUT2D eigenvalue weighted by Gasteiger charge is 2.36. The van der Waals surface area contributed by atoms with E-state index in [0.29, 0.717) is 0 Å². The number of oxime groups is 1. The first-order valence-electron chi connectivity index (χ1n) is 4.67. The molecule has 0 amide bonds. The van der Waals surface area contributed by atoms with Gasteiger partial charge in [-0.1, -0.05) is 5.16 Å². The van der Waals surface area contributed by atoms with E-state index in [0.717, 1.165) is 4.31 Å². The molecule has 18 heavy (non-hydrogen) atoms. The highest BCUT2D eigenvalue weighted by molar-refractivity contribution is 7.86. The van der Waals surface area contributed by atoms with Crippen LogP contribution in [0.4, 0.5) is 0 Å². The number of nitrogens with zero attached hydrogens (tertiary/aromatic N) is 4. The van der Waals surface area contributed by atoms with Crippen molar-refractivity contribution >= 4 is 16.0 Å². The molecule has 12 heteroatoms. The van der Waals surface area contributed by atoms with Crippen LogP contribution in [0.15, 0.2) is 9.78 Å². The second-order valence-corrected chi connectivity index (χ2v) is 5.05. The molecule has 0 bridgehead atoms. The Morgan fingerprint density at radius 3 is 2.78 bits per heavy atom. The van der Waals surface area contributed by atoms with E-state index < -0.39 is 16.3 Å². The predicted octanol–water partition coefficient (Wildman–Crippen LogP) is -2.57. The molecule has 0 unspecified atom stereocenters. The van der Waals surface area contributed by atoms with Gasteiger partial charge in [-0.25, -0.2) is 9.77 Å². The van der Waals surface area contributed by atoms with Gasteiger partial charge in [-0.15, -0.1) is 0 Å². The van der Waals surface area contributed by atoms with Crippen LogP contribution >= 0.6 is 0 Å². The summed E-state index contributed by atoms with van der Waals surface area (Å²) in [6.07, 6.45) is -0.444. The summed E-state index contributed by atoms with van der Waals surface area (Å²) in [4.78, 5) is 0. The fraction of sp³-hybridized carbons (Fsp3) is 0.500. The van der Waals surface area contributed by atoms with Crippen molar-refractivity contribution in [1.29, 1.82) is 0 Å². The van der Waals surface area contributed by atoms with Gasteiger partial charge in [-0.3, -0.25) is 0 Å². The predicted molar refractivity (Wildman–Crippen MR) is 55.9 cm³/mol. The molecule has 2 rings (SSSR count). The van der Waals surface area contributed by atoms with Gasteiger partial charge in [0.05, 0.1) is 13.1 Å². The first-order valence-corrected chi connectivity index (χ1v) is 6.17. The van der Waals surface area contributed by atoms with E-state index in [9.17, 15) is 8.42 Å². The molecule has 0 aliphatic carbocycles. The maximum absolute atomic E-state index is 10.9. The SMILES string of the molecule is N/C(=N\O)c1nonc1OC1CN(S(N)(=O)=O)C1. The van der Waals surface area contributed by atoms with Crippen LogP contribution in [-0.2, 0) is 10.2 Å². The van der Waals surface area contributed by atoms with Gasteiger partial charge in [0.1, 0.15) is 6.10 Å². The van der Waals surface area contributed by atoms with E-state index in [-0.39, 0.29) is 30.5 Å². The number of amidine groups is 1. The van der Waals surface area contributed by atoms with Crippen molar-refractivity contribution in [3.05, 3.63) is 5.69 Å². The van der Waals surface area contributed by atoms with Gasteiger partial charge in [-0.2, -0.15) is 12.7 Å². The fourth-order valence-electron chi connectivity index (χ4n) is 1.30. The third-order valence-corrected chi connectivity index (χ3v) is 3.28. The molecule has 0 saturated carbocycles. The van der Waals surface area contributed by atoms with Gasteiger partial charge < -0.3 is 15.7 Å². The van der Waals surface area contributed by atoms with Crippen molar-refractivity contribution in [1.82, 2.24) is 14.6 Å². The Morgan fingerprint density at radius 2 is 2.22 bits per heavy atom. The Morgan fingerprint density at radius 1 is 1.56 bits per heavy atom. The zero-order valence-electron chi connectivity index (χ0n) is 8.92. The summed E-state index contributed by atoms with van der Waals surface area (Å²) >= 11 is 0. The molecule has 0 aromatic carbocycles. The Balaban J connectivity index is 1.99. The van der Waals surface area contributed by atoms with Crippen LogP contribution in [0.3, 0.4) is 0 Å². The van der Waals surface area contributed by atoms with Crippen LogP contribution in [-0.4, -0.2) is 53.3 Å². The molecular formula is C6H10N6O5S. The van der Waals surface area contributed by atoms with Crippen molar-refractivity contribution in [2.24, 2.45) is 16.0 Å². The molecule has 1 fully saturated rings. The summed E-state index contributed by atoms with van der Waals surface area (Å²) in [5, 5.41) is 22.9. The van der Waals surface area contributed by atoms with Gasteiger partial charge in [-0.05, 0) is 10.3 Å². The summed E-state index contributed by atoms with van der Waals surface area (Å²) < 4.78 is 32.5. The number of hydrogen-bond donors (Lipinski definition) is 3. The van der Waals surface area contributed by atoms with Crippen molar-refractivity contribution in [2.45, 2.75) is 6.10 Å². The van der Waals surface area contributed by atoms with Crippen molar-refractivity contribution < 1.29 is 23.0 Å². The van der Waals surface area contributed by atoms with Crippen molar-refractivity contribution in [2.75, 3.05) is 13.1 Å². The number of nitrogens with two attached hydrogens (primary N) is 2. The van der Waals surface area contributed by atoms with Gasteiger partial charge in [0, 0.05) is 0 Å². The van der Waals surface area contributed by atoms with Gasteiger partial charge in [0.2, 0.25) is 5.69 Å². The van der Waals surface area contributed by atoms with E-state index in [1.54, 1.807) is 0 Å². The summed E-state index contributed by atoms with van der Waals surface area (Å²) in [6, 6.07) is 0. The van der Waals surface area contributed by atoms with E-state index >= 15 is 0 Å². The molecule has 2 heterocycles. The third kappa shape index (κ3) is 2.34. The highest BCUT2D eigenvalue weighted by Crippen LogP contribution is 2.19. The van der Waals surface area contributed by atoms with Crippen LogP contribution < -0.4 is 15.6 Å². The molecule has 5 N–H and O–H groups in total. The zero-order chi connectivity index (χ0) is 13.3. The average Bonchev–Trinajstić information content (AvgIpc) is 2.67. The van der Waals surface area contributed by atoms with Crippen LogP contribution in [0, 0.1) is 0 Å².